The van der Waals surface area contributed by atoms with E-state index in [1.807, 2.05) is 12.1 Å². The van der Waals surface area contributed by atoms with Crippen molar-refractivity contribution in [2.45, 2.75) is 38.5 Å². The second kappa shape index (κ2) is 8.09. The predicted molar refractivity (Wildman–Crippen MR) is 148 cm³/mol. The average Bonchev–Trinajstić information content (AvgIpc) is 3.62. The number of para-hydroxylation sites is 2. The summed E-state index contributed by atoms with van der Waals surface area (Å²) in [4.78, 5) is 0. The summed E-state index contributed by atoms with van der Waals surface area (Å²) in [7, 11) is 4.36. The summed E-state index contributed by atoms with van der Waals surface area (Å²) < 4.78 is 10.9. The van der Waals surface area contributed by atoms with Crippen molar-refractivity contribution in [1.29, 1.82) is 0 Å². The Morgan fingerprint density at radius 2 is 1.50 bits per heavy atom. The molecule has 3 heteroatoms. The Hall–Kier alpha value is -3.85. The molecule has 3 aromatic carbocycles. The van der Waals surface area contributed by atoms with E-state index in [1.165, 1.54) is 64.7 Å². The fourth-order valence-corrected chi connectivity index (χ4v) is 6.66. The third kappa shape index (κ3) is 3.02. The Kier molecular flexibility index (Phi) is 4.82. The van der Waals surface area contributed by atoms with Crippen LogP contribution in [0.4, 0.5) is 0 Å². The molecule has 0 unspecified atom stereocenters. The lowest BCUT2D eigenvalue weighted by Crippen LogP contribution is -2.31. The van der Waals surface area contributed by atoms with E-state index in [-0.39, 0.29) is 0 Å². The maximum Gasteiger partial charge on any atom is 0.381 e. The molecular formula is C33H31N2O+. The quantitative estimate of drug-likeness (QED) is 0.238. The van der Waals surface area contributed by atoms with Crippen LogP contribution in [0.5, 0.6) is 0 Å². The molecule has 1 aliphatic rings. The van der Waals surface area contributed by atoms with Crippen LogP contribution >= 0.6 is 0 Å². The molecule has 36 heavy (non-hydrogen) atoms. The summed E-state index contributed by atoms with van der Waals surface area (Å²) in [5, 5.41) is 3.74. The summed E-state index contributed by atoms with van der Waals surface area (Å²) in [6, 6.07) is 28.5. The first kappa shape index (κ1) is 21.4. The van der Waals surface area contributed by atoms with Crippen LogP contribution < -0.4 is 4.57 Å². The van der Waals surface area contributed by atoms with Gasteiger partial charge in [0.15, 0.2) is 0 Å². The van der Waals surface area contributed by atoms with E-state index in [0.29, 0.717) is 5.92 Å². The third-order valence-corrected chi connectivity index (χ3v) is 8.46. The molecular weight excluding hydrogens is 440 g/mol. The summed E-state index contributed by atoms with van der Waals surface area (Å²) >= 11 is 0. The number of aromatic nitrogens is 2. The van der Waals surface area contributed by atoms with Gasteiger partial charge in [0.25, 0.3) is 0 Å². The van der Waals surface area contributed by atoms with E-state index >= 15 is 0 Å². The lowest BCUT2D eigenvalue weighted by Gasteiger charge is -2.17. The topological polar surface area (TPSA) is 21.9 Å². The Labute approximate surface area is 211 Å². The molecule has 0 N–H and O–H groups in total. The van der Waals surface area contributed by atoms with Gasteiger partial charge in [-0.05, 0) is 61.1 Å². The zero-order valence-corrected chi connectivity index (χ0v) is 21.2. The van der Waals surface area contributed by atoms with Gasteiger partial charge in [-0.3, -0.25) is 0 Å². The van der Waals surface area contributed by atoms with E-state index in [4.69, 9.17) is 4.42 Å². The Morgan fingerprint density at radius 1 is 0.778 bits per heavy atom. The van der Waals surface area contributed by atoms with E-state index in [9.17, 15) is 0 Å². The molecule has 3 aromatic heterocycles. The molecule has 1 saturated carbocycles. The number of nitrogens with zero attached hydrogens (tertiary/aromatic N) is 2. The van der Waals surface area contributed by atoms with Crippen LogP contribution in [-0.2, 0) is 14.1 Å². The average molecular weight is 472 g/mol. The summed E-state index contributed by atoms with van der Waals surface area (Å²) in [5.41, 5.74) is 11.2. The van der Waals surface area contributed by atoms with Gasteiger partial charge in [0.2, 0.25) is 5.69 Å². The smallest absolute Gasteiger partial charge is 0.381 e. The standard InChI is InChI=1S/C33H31N2O/c1-21-23(29-20-19-26-25-13-7-9-18-30(25)36-33(26)35(29)3)15-10-16-24(21)32-31(22-11-4-5-12-22)27-14-6-8-17-28(27)34(32)2/h6-10,13-20,22H,4-5,11-12H2,1-3H3/q+1. The first-order valence-corrected chi connectivity index (χ1v) is 13.1. The van der Waals surface area contributed by atoms with Crippen molar-refractivity contribution >= 4 is 33.0 Å². The van der Waals surface area contributed by atoms with Crippen molar-refractivity contribution in [2.75, 3.05) is 0 Å². The normalized spacial score (nSPS) is 14.5. The fraction of sp³-hybridized carbons (Fsp3) is 0.242. The number of pyridine rings is 1. The van der Waals surface area contributed by atoms with E-state index in [0.717, 1.165) is 22.1 Å². The molecule has 3 heterocycles. The SMILES string of the molecule is Cc1c(-c2c(C3CCCC3)c3ccccc3n2C)cccc1-c1ccc2c3ccccc3oc2[n+]1C. The molecule has 0 aliphatic heterocycles. The van der Waals surface area contributed by atoms with E-state index in [2.05, 4.69) is 96.9 Å². The van der Waals surface area contributed by atoms with Crippen LogP contribution in [0.3, 0.4) is 0 Å². The number of furan rings is 1. The van der Waals surface area contributed by atoms with Crippen molar-refractivity contribution in [2.24, 2.45) is 14.1 Å². The van der Waals surface area contributed by atoms with Crippen molar-refractivity contribution in [3.8, 4) is 22.5 Å². The third-order valence-electron chi connectivity index (χ3n) is 8.46. The van der Waals surface area contributed by atoms with E-state index < -0.39 is 0 Å². The van der Waals surface area contributed by atoms with Crippen molar-refractivity contribution in [3.63, 3.8) is 0 Å². The summed E-state index contributed by atoms with van der Waals surface area (Å²) in [6.07, 6.45) is 5.24. The van der Waals surface area contributed by atoms with Crippen LogP contribution in [-0.4, -0.2) is 4.57 Å². The number of hydrogen-bond donors (Lipinski definition) is 0. The number of hydrogen-bond acceptors (Lipinski definition) is 1. The van der Waals surface area contributed by atoms with Crippen LogP contribution in [0.15, 0.2) is 83.3 Å². The molecule has 1 fully saturated rings. The minimum Gasteiger partial charge on any atom is -0.404 e. The minimum atomic E-state index is 0.636. The lowest BCUT2D eigenvalue weighted by atomic mass is 9.89. The van der Waals surface area contributed by atoms with Crippen LogP contribution in [0, 0.1) is 6.92 Å². The fourth-order valence-electron chi connectivity index (χ4n) is 6.66. The molecule has 0 amide bonds. The van der Waals surface area contributed by atoms with Crippen molar-refractivity contribution in [3.05, 3.63) is 90.0 Å². The highest BCUT2D eigenvalue weighted by atomic mass is 16.3. The number of aryl methyl sites for hydroxylation is 2. The first-order valence-electron chi connectivity index (χ1n) is 13.1. The number of rotatable bonds is 3. The molecule has 178 valence electrons. The van der Waals surface area contributed by atoms with Crippen molar-refractivity contribution in [1.82, 2.24) is 4.57 Å². The molecule has 6 aromatic rings. The van der Waals surface area contributed by atoms with E-state index in [1.54, 1.807) is 5.56 Å². The number of fused-ring (bicyclic) bond motifs is 4. The second-order valence-corrected chi connectivity index (χ2v) is 10.4. The van der Waals surface area contributed by atoms with Gasteiger partial charge in [0.1, 0.15) is 12.6 Å². The van der Waals surface area contributed by atoms with Crippen LogP contribution in [0.25, 0.3) is 55.5 Å². The molecule has 3 nitrogen and oxygen atoms in total. The van der Waals surface area contributed by atoms with Gasteiger partial charge in [0, 0.05) is 40.5 Å². The largest absolute Gasteiger partial charge is 0.404 e. The van der Waals surface area contributed by atoms with Gasteiger partial charge in [-0.2, -0.15) is 4.57 Å². The Morgan fingerprint density at radius 3 is 2.33 bits per heavy atom. The summed E-state index contributed by atoms with van der Waals surface area (Å²) in [6.45, 7) is 2.28. The van der Waals surface area contributed by atoms with Gasteiger partial charge in [-0.25, -0.2) is 0 Å². The zero-order valence-electron chi connectivity index (χ0n) is 21.2. The maximum atomic E-state index is 6.30. The highest BCUT2D eigenvalue weighted by molar-refractivity contribution is 6.02. The van der Waals surface area contributed by atoms with Crippen LogP contribution in [0.2, 0.25) is 0 Å². The molecule has 0 saturated heterocycles. The summed E-state index contributed by atoms with van der Waals surface area (Å²) in [5.74, 6) is 0.636. The van der Waals surface area contributed by atoms with Crippen molar-refractivity contribution < 1.29 is 8.98 Å². The second-order valence-electron chi connectivity index (χ2n) is 10.4. The lowest BCUT2D eigenvalue weighted by molar-refractivity contribution is -0.640. The monoisotopic (exact) mass is 471 g/mol. The highest BCUT2D eigenvalue weighted by Gasteiger charge is 2.28. The van der Waals surface area contributed by atoms with Gasteiger partial charge in [-0.15, -0.1) is 0 Å². The molecule has 0 bridgehead atoms. The van der Waals surface area contributed by atoms with Gasteiger partial charge in [-0.1, -0.05) is 61.4 Å². The number of benzene rings is 3. The van der Waals surface area contributed by atoms with Crippen LogP contribution in [0.1, 0.15) is 42.7 Å². The predicted octanol–water partition coefficient (Wildman–Crippen LogP) is 8.20. The molecule has 0 atom stereocenters. The molecule has 7 rings (SSSR count). The maximum absolute atomic E-state index is 6.30. The molecule has 1 aliphatic carbocycles. The Bertz CT molecular complexity index is 1780. The zero-order chi connectivity index (χ0) is 24.4. The van der Waals surface area contributed by atoms with Gasteiger partial charge in [0.05, 0.1) is 11.1 Å². The highest BCUT2D eigenvalue weighted by Crippen LogP contribution is 2.46. The Balaban J connectivity index is 1.46. The van der Waals surface area contributed by atoms with Gasteiger partial charge >= 0.3 is 5.71 Å². The molecule has 0 radical (unpaired) electrons. The molecule has 0 spiro atoms. The first-order chi connectivity index (χ1) is 17.6. The minimum absolute atomic E-state index is 0.636. The van der Waals surface area contributed by atoms with Gasteiger partial charge < -0.3 is 8.98 Å².